The molecule has 1 aromatic carbocycles. The Kier molecular flexibility index (Phi) is 3.22. The molecule has 0 bridgehead atoms. The largest absolute Gasteiger partial charge is 0.306 e. The quantitative estimate of drug-likeness (QED) is 0.841. The van der Waals surface area contributed by atoms with Crippen molar-refractivity contribution in [3.8, 4) is 0 Å². The van der Waals surface area contributed by atoms with E-state index in [1.807, 2.05) is 36.4 Å². The predicted octanol–water partition coefficient (Wildman–Crippen LogP) is 3.21. The van der Waals surface area contributed by atoms with E-state index >= 15 is 0 Å². The van der Waals surface area contributed by atoms with Crippen LogP contribution >= 0.6 is 11.6 Å². The lowest BCUT2D eigenvalue weighted by atomic mass is 10.1. The Morgan fingerprint density at radius 3 is 2.79 bits per heavy atom. The first-order chi connectivity index (χ1) is 9.24. The molecule has 3 rings (SSSR count). The van der Waals surface area contributed by atoms with E-state index in [0.29, 0.717) is 24.4 Å². The van der Waals surface area contributed by atoms with Gasteiger partial charge in [-0.05, 0) is 11.6 Å². The van der Waals surface area contributed by atoms with Crippen LogP contribution in [0.1, 0.15) is 17.7 Å². The lowest BCUT2D eigenvalue weighted by molar-refractivity contribution is -0.119. The highest BCUT2D eigenvalue weighted by Gasteiger charge is 2.25. The van der Waals surface area contributed by atoms with Crippen LogP contribution in [-0.4, -0.2) is 10.9 Å². The normalized spacial score (nSPS) is 14.4. The van der Waals surface area contributed by atoms with Gasteiger partial charge in [0.05, 0.1) is 22.9 Å². The van der Waals surface area contributed by atoms with Gasteiger partial charge in [0, 0.05) is 19.0 Å². The molecule has 2 heterocycles. The maximum absolute atomic E-state index is 12.1. The SMILES string of the molecule is O=C1CCc2ncc(Cl)cc2N1Cc1ccccc1. The number of anilines is 1. The van der Waals surface area contributed by atoms with E-state index in [0.717, 1.165) is 16.9 Å². The van der Waals surface area contributed by atoms with Gasteiger partial charge >= 0.3 is 0 Å². The highest BCUT2D eigenvalue weighted by atomic mass is 35.5. The van der Waals surface area contributed by atoms with E-state index in [1.54, 1.807) is 11.1 Å². The van der Waals surface area contributed by atoms with Gasteiger partial charge in [0.1, 0.15) is 0 Å². The Hall–Kier alpha value is -1.87. The first kappa shape index (κ1) is 12.2. The zero-order valence-corrected chi connectivity index (χ0v) is 11.1. The lowest BCUT2D eigenvalue weighted by Crippen LogP contribution is -2.34. The van der Waals surface area contributed by atoms with Gasteiger partial charge < -0.3 is 4.90 Å². The number of nitrogens with zero attached hydrogens (tertiary/aromatic N) is 2. The molecule has 19 heavy (non-hydrogen) atoms. The number of hydrogen-bond acceptors (Lipinski definition) is 2. The molecule has 1 aliphatic heterocycles. The van der Waals surface area contributed by atoms with Gasteiger partial charge in [-0.15, -0.1) is 0 Å². The van der Waals surface area contributed by atoms with E-state index in [1.165, 1.54) is 0 Å². The second-order valence-corrected chi connectivity index (χ2v) is 5.02. The molecule has 3 nitrogen and oxygen atoms in total. The number of aromatic nitrogens is 1. The summed E-state index contributed by atoms with van der Waals surface area (Å²) in [5.41, 5.74) is 2.89. The number of halogens is 1. The Balaban J connectivity index is 1.97. The van der Waals surface area contributed by atoms with Crippen molar-refractivity contribution in [1.29, 1.82) is 0 Å². The fourth-order valence-electron chi connectivity index (χ4n) is 2.32. The number of aryl methyl sites for hydroxylation is 1. The van der Waals surface area contributed by atoms with Crippen LogP contribution in [0.5, 0.6) is 0 Å². The third-order valence-electron chi connectivity index (χ3n) is 3.27. The van der Waals surface area contributed by atoms with Crippen LogP contribution in [0.2, 0.25) is 5.02 Å². The molecule has 0 saturated carbocycles. The molecular formula is C15H13ClN2O. The van der Waals surface area contributed by atoms with Crippen LogP contribution in [0, 0.1) is 0 Å². The summed E-state index contributed by atoms with van der Waals surface area (Å²) in [4.78, 5) is 18.2. The summed E-state index contributed by atoms with van der Waals surface area (Å²) in [6.45, 7) is 0.564. The summed E-state index contributed by atoms with van der Waals surface area (Å²) in [6, 6.07) is 11.8. The van der Waals surface area contributed by atoms with Gasteiger partial charge in [0.2, 0.25) is 5.91 Å². The molecular weight excluding hydrogens is 260 g/mol. The summed E-state index contributed by atoms with van der Waals surface area (Å²) in [6.07, 6.45) is 2.84. The first-order valence-electron chi connectivity index (χ1n) is 6.23. The molecule has 96 valence electrons. The third kappa shape index (κ3) is 2.47. The van der Waals surface area contributed by atoms with E-state index in [9.17, 15) is 4.79 Å². The number of benzene rings is 1. The van der Waals surface area contributed by atoms with Gasteiger partial charge in [0.25, 0.3) is 0 Å². The number of carbonyl (C=O) groups excluding carboxylic acids is 1. The number of amides is 1. The van der Waals surface area contributed by atoms with Gasteiger partial charge in [-0.3, -0.25) is 9.78 Å². The van der Waals surface area contributed by atoms with Crippen LogP contribution in [0.25, 0.3) is 0 Å². The molecule has 0 atom stereocenters. The molecule has 0 unspecified atom stereocenters. The summed E-state index contributed by atoms with van der Waals surface area (Å²) >= 11 is 5.99. The fourth-order valence-corrected chi connectivity index (χ4v) is 2.47. The number of hydrogen-bond donors (Lipinski definition) is 0. The molecule has 1 aliphatic rings. The molecule has 0 saturated heterocycles. The van der Waals surface area contributed by atoms with Crippen molar-refractivity contribution in [1.82, 2.24) is 4.98 Å². The van der Waals surface area contributed by atoms with Crippen LogP contribution < -0.4 is 4.90 Å². The minimum absolute atomic E-state index is 0.125. The van der Waals surface area contributed by atoms with Gasteiger partial charge in [-0.1, -0.05) is 41.9 Å². The Morgan fingerprint density at radius 2 is 2.00 bits per heavy atom. The minimum Gasteiger partial charge on any atom is -0.306 e. The molecule has 0 aliphatic carbocycles. The summed E-state index contributed by atoms with van der Waals surface area (Å²) < 4.78 is 0. The first-order valence-corrected chi connectivity index (χ1v) is 6.60. The van der Waals surface area contributed by atoms with Crippen molar-refractivity contribution in [2.45, 2.75) is 19.4 Å². The Morgan fingerprint density at radius 1 is 1.21 bits per heavy atom. The number of pyridine rings is 1. The summed E-state index contributed by atoms with van der Waals surface area (Å²) in [5.74, 6) is 0.125. The molecule has 0 radical (unpaired) electrons. The van der Waals surface area contributed by atoms with E-state index < -0.39 is 0 Å². The molecule has 0 fully saturated rings. The number of fused-ring (bicyclic) bond motifs is 1. The summed E-state index contributed by atoms with van der Waals surface area (Å²) in [7, 11) is 0. The smallest absolute Gasteiger partial charge is 0.227 e. The Labute approximate surface area is 116 Å². The van der Waals surface area contributed by atoms with E-state index in [-0.39, 0.29) is 5.91 Å². The number of rotatable bonds is 2. The minimum atomic E-state index is 0.125. The van der Waals surface area contributed by atoms with Crippen molar-refractivity contribution < 1.29 is 4.79 Å². The molecule has 4 heteroatoms. The highest BCUT2D eigenvalue weighted by molar-refractivity contribution is 6.30. The van der Waals surface area contributed by atoms with Crippen molar-refractivity contribution in [3.05, 3.63) is 58.9 Å². The molecule has 0 spiro atoms. The topological polar surface area (TPSA) is 33.2 Å². The van der Waals surface area contributed by atoms with Gasteiger partial charge in [-0.25, -0.2) is 0 Å². The molecule has 1 amide bonds. The van der Waals surface area contributed by atoms with Crippen LogP contribution in [0.4, 0.5) is 5.69 Å². The van der Waals surface area contributed by atoms with Crippen LogP contribution in [0.15, 0.2) is 42.6 Å². The average Bonchev–Trinajstić information content (AvgIpc) is 2.43. The fraction of sp³-hybridized carbons (Fsp3) is 0.200. The molecule has 1 aromatic heterocycles. The second kappa shape index (κ2) is 5.02. The Bertz CT molecular complexity index is 613. The molecule has 0 N–H and O–H groups in total. The lowest BCUT2D eigenvalue weighted by Gasteiger charge is -2.28. The van der Waals surface area contributed by atoms with Crippen LogP contribution in [0.3, 0.4) is 0 Å². The van der Waals surface area contributed by atoms with Gasteiger partial charge in [0.15, 0.2) is 0 Å². The van der Waals surface area contributed by atoms with Crippen molar-refractivity contribution >= 4 is 23.2 Å². The zero-order valence-electron chi connectivity index (χ0n) is 10.3. The monoisotopic (exact) mass is 272 g/mol. The van der Waals surface area contributed by atoms with E-state index in [2.05, 4.69) is 4.98 Å². The third-order valence-corrected chi connectivity index (χ3v) is 3.47. The zero-order chi connectivity index (χ0) is 13.2. The number of carbonyl (C=O) groups is 1. The predicted molar refractivity (Wildman–Crippen MR) is 75.2 cm³/mol. The van der Waals surface area contributed by atoms with Crippen molar-refractivity contribution in [2.75, 3.05) is 4.90 Å². The second-order valence-electron chi connectivity index (χ2n) is 4.58. The maximum Gasteiger partial charge on any atom is 0.227 e. The maximum atomic E-state index is 12.1. The van der Waals surface area contributed by atoms with Crippen LogP contribution in [-0.2, 0) is 17.8 Å². The van der Waals surface area contributed by atoms with Crippen molar-refractivity contribution in [2.24, 2.45) is 0 Å². The highest BCUT2D eigenvalue weighted by Crippen LogP contribution is 2.29. The van der Waals surface area contributed by atoms with E-state index in [4.69, 9.17) is 11.6 Å². The molecule has 2 aromatic rings. The average molecular weight is 273 g/mol. The summed E-state index contributed by atoms with van der Waals surface area (Å²) in [5, 5.41) is 0.562. The van der Waals surface area contributed by atoms with Gasteiger partial charge in [-0.2, -0.15) is 0 Å². The van der Waals surface area contributed by atoms with Crippen molar-refractivity contribution in [3.63, 3.8) is 0 Å². The standard InChI is InChI=1S/C15H13ClN2O/c16-12-8-14-13(17-9-12)6-7-15(19)18(14)10-11-4-2-1-3-5-11/h1-5,8-9H,6-7,10H2.